The summed E-state index contributed by atoms with van der Waals surface area (Å²) >= 11 is 4.06. The van der Waals surface area contributed by atoms with Crippen molar-refractivity contribution < 1.29 is 29.4 Å². The quantitative estimate of drug-likeness (QED) is 0.190. The molecule has 6 atom stereocenters. The van der Waals surface area contributed by atoms with E-state index in [-0.39, 0.29) is 17.6 Å². The Labute approximate surface area is 176 Å². The van der Waals surface area contributed by atoms with Gasteiger partial charge in [0, 0.05) is 5.75 Å². The Bertz CT molecular complexity index is 587. The molecule has 0 aliphatic carbocycles. The van der Waals surface area contributed by atoms with E-state index in [9.17, 15) is 29.4 Å². The van der Waals surface area contributed by atoms with Gasteiger partial charge >= 0.3 is 5.97 Å². The van der Waals surface area contributed by atoms with Gasteiger partial charge in [-0.05, 0) is 18.8 Å². The Hall–Kier alpha value is -1.85. The van der Waals surface area contributed by atoms with E-state index >= 15 is 0 Å². The maximum Gasteiger partial charge on any atom is 0.326 e. The highest BCUT2D eigenvalue weighted by molar-refractivity contribution is 7.80. The maximum absolute atomic E-state index is 12.7. The van der Waals surface area contributed by atoms with Crippen LogP contribution in [0.4, 0.5) is 0 Å². The van der Waals surface area contributed by atoms with Gasteiger partial charge in [0.25, 0.3) is 0 Å². The van der Waals surface area contributed by atoms with E-state index in [2.05, 4.69) is 28.6 Å². The minimum Gasteiger partial charge on any atom is -0.480 e. The average Bonchev–Trinajstić information content (AvgIpc) is 2.65. The van der Waals surface area contributed by atoms with Crippen LogP contribution in [-0.2, 0) is 19.2 Å². The van der Waals surface area contributed by atoms with Crippen molar-refractivity contribution in [2.45, 2.75) is 71.3 Å². The van der Waals surface area contributed by atoms with Gasteiger partial charge < -0.3 is 31.9 Å². The summed E-state index contributed by atoms with van der Waals surface area (Å²) in [6.07, 6.45) is -0.551. The highest BCUT2D eigenvalue weighted by Crippen LogP contribution is 2.10. The van der Waals surface area contributed by atoms with E-state index in [1.54, 1.807) is 20.8 Å². The van der Waals surface area contributed by atoms with Gasteiger partial charge in [-0.15, -0.1) is 0 Å². The lowest BCUT2D eigenvalue weighted by Gasteiger charge is -2.28. The summed E-state index contributed by atoms with van der Waals surface area (Å²) in [5.41, 5.74) is 5.61. The van der Waals surface area contributed by atoms with Crippen molar-refractivity contribution in [3.05, 3.63) is 0 Å². The number of aliphatic hydroxyl groups is 1. The summed E-state index contributed by atoms with van der Waals surface area (Å²) in [4.78, 5) is 48.6. The number of amides is 3. The SMILES string of the molecule is CCC(C)C(NC(=O)C(N)C(C)O)C(=O)NC(CS)C(=O)NC(C(=O)O)C(C)C. The molecule has 0 aromatic heterocycles. The number of carbonyl (C=O) groups excluding carboxylic acids is 3. The molecule has 0 radical (unpaired) electrons. The molecule has 7 N–H and O–H groups in total. The summed E-state index contributed by atoms with van der Waals surface area (Å²) in [5, 5.41) is 26.1. The minimum absolute atomic E-state index is 0.0730. The third kappa shape index (κ3) is 8.58. The molecule has 0 saturated carbocycles. The van der Waals surface area contributed by atoms with Crippen LogP contribution in [0, 0.1) is 11.8 Å². The van der Waals surface area contributed by atoms with Gasteiger partial charge in [0.05, 0.1) is 6.10 Å². The number of thiol groups is 1. The first-order valence-corrected chi connectivity index (χ1v) is 10.2. The van der Waals surface area contributed by atoms with Crippen molar-refractivity contribution in [3.63, 3.8) is 0 Å². The fraction of sp³-hybridized carbons (Fsp3) is 0.778. The lowest BCUT2D eigenvalue weighted by atomic mass is 9.97. The second kappa shape index (κ2) is 12.7. The van der Waals surface area contributed by atoms with Crippen LogP contribution in [-0.4, -0.2) is 69.9 Å². The number of rotatable bonds is 12. The molecule has 0 bridgehead atoms. The van der Waals surface area contributed by atoms with Gasteiger partial charge in [-0.1, -0.05) is 34.1 Å². The highest BCUT2D eigenvalue weighted by Gasteiger charge is 2.33. The predicted octanol–water partition coefficient (Wildman–Crippen LogP) is -1.13. The Morgan fingerprint density at radius 3 is 1.83 bits per heavy atom. The fourth-order valence-corrected chi connectivity index (χ4v) is 2.65. The largest absolute Gasteiger partial charge is 0.480 e. The number of aliphatic hydroxyl groups excluding tert-OH is 1. The highest BCUT2D eigenvalue weighted by atomic mass is 32.1. The van der Waals surface area contributed by atoms with E-state index in [0.29, 0.717) is 6.42 Å². The van der Waals surface area contributed by atoms with Gasteiger partial charge in [0.2, 0.25) is 17.7 Å². The van der Waals surface area contributed by atoms with Crippen molar-refractivity contribution in [2.75, 3.05) is 5.75 Å². The van der Waals surface area contributed by atoms with Crippen LogP contribution >= 0.6 is 12.6 Å². The molecule has 11 heteroatoms. The summed E-state index contributed by atoms with van der Waals surface area (Å²) in [7, 11) is 0. The zero-order chi connectivity index (χ0) is 22.9. The van der Waals surface area contributed by atoms with Gasteiger partial charge in [0.1, 0.15) is 24.2 Å². The number of hydrogen-bond acceptors (Lipinski definition) is 7. The molecular formula is C18H34N4O6S. The van der Waals surface area contributed by atoms with Crippen LogP contribution < -0.4 is 21.7 Å². The van der Waals surface area contributed by atoms with Crippen molar-refractivity contribution in [1.82, 2.24) is 16.0 Å². The first-order chi connectivity index (χ1) is 13.4. The molecule has 0 rings (SSSR count). The topological polar surface area (TPSA) is 171 Å². The number of carbonyl (C=O) groups is 4. The minimum atomic E-state index is -1.21. The Kier molecular flexibility index (Phi) is 11.8. The van der Waals surface area contributed by atoms with Crippen molar-refractivity contribution in [3.8, 4) is 0 Å². The van der Waals surface area contributed by atoms with Crippen molar-refractivity contribution >= 4 is 36.3 Å². The molecule has 29 heavy (non-hydrogen) atoms. The van der Waals surface area contributed by atoms with E-state index < -0.39 is 54.0 Å². The number of hydrogen-bond donors (Lipinski definition) is 7. The third-order valence-corrected chi connectivity index (χ3v) is 5.03. The van der Waals surface area contributed by atoms with E-state index in [0.717, 1.165) is 0 Å². The molecule has 3 amide bonds. The lowest BCUT2D eigenvalue weighted by Crippen LogP contribution is -2.60. The molecular weight excluding hydrogens is 400 g/mol. The zero-order valence-corrected chi connectivity index (χ0v) is 18.4. The lowest BCUT2D eigenvalue weighted by molar-refractivity contribution is -0.143. The van der Waals surface area contributed by atoms with Crippen LogP contribution in [0.3, 0.4) is 0 Å². The monoisotopic (exact) mass is 434 g/mol. The number of nitrogens with one attached hydrogen (secondary N) is 3. The van der Waals surface area contributed by atoms with Gasteiger partial charge in [-0.25, -0.2) is 4.79 Å². The normalized spacial score (nSPS) is 17.4. The number of carboxylic acids is 1. The van der Waals surface area contributed by atoms with Gasteiger partial charge in [0.15, 0.2) is 0 Å². The molecule has 0 aromatic rings. The van der Waals surface area contributed by atoms with Crippen LogP contribution in [0.2, 0.25) is 0 Å². The Morgan fingerprint density at radius 1 is 0.931 bits per heavy atom. The number of carboxylic acid groups (broad SMARTS) is 1. The number of aliphatic carboxylic acids is 1. The summed E-state index contributed by atoms with van der Waals surface area (Å²) < 4.78 is 0. The third-order valence-electron chi connectivity index (χ3n) is 4.66. The second-order valence-corrected chi connectivity index (χ2v) is 7.82. The molecule has 0 heterocycles. The van der Waals surface area contributed by atoms with Crippen LogP contribution in [0.25, 0.3) is 0 Å². The first-order valence-electron chi connectivity index (χ1n) is 9.55. The Balaban J connectivity index is 5.31. The van der Waals surface area contributed by atoms with E-state index in [1.165, 1.54) is 6.92 Å². The van der Waals surface area contributed by atoms with Crippen LogP contribution in [0.1, 0.15) is 41.0 Å². The Morgan fingerprint density at radius 2 is 1.45 bits per heavy atom. The molecule has 0 saturated heterocycles. The molecule has 0 aliphatic heterocycles. The van der Waals surface area contributed by atoms with Gasteiger partial charge in [-0.2, -0.15) is 12.6 Å². The van der Waals surface area contributed by atoms with Crippen LogP contribution in [0.15, 0.2) is 0 Å². The zero-order valence-electron chi connectivity index (χ0n) is 17.5. The standard InChI is InChI=1S/C18H34N4O6S/c1-6-9(4)14(22-16(25)12(19)10(5)23)17(26)20-11(7-29)15(24)21-13(8(2)3)18(27)28/h8-14,23,29H,6-7,19H2,1-5H3,(H,20,26)(H,21,24)(H,22,25)(H,27,28). The molecule has 6 unspecified atom stereocenters. The van der Waals surface area contributed by atoms with Crippen molar-refractivity contribution in [2.24, 2.45) is 17.6 Å². The van der Waals surface area contributed by atoms with E-state index in [4.69, 9.17) is 5.73 Å². The first kappa shape index (κ1) is 27.1. The average molecular weight is 435 g/mol. The molecule has 0 aromatic carbocycles. The fourth-order valence-electron chi connectivity index (χ4n) is 2.39. The molecule has 0 aliphatic rings. The smallest absolute Gasteiger partial charge is 0.326 e. The van der Waals surface area contributed by atoms with Crippen LogP contribution in [0.5, 0.6) is 0 Å². The second-order valence-electron chi connectivity index (χ2n) is 7.45. The molecule has 0 fully saturated rings. The van der Waals surface area contributed by atoms with Gasteiger partial charge in [-0.3, -0.25) is 14.4 Å². The number of nitrogens with two attached hydrogens (primary N) is 1. The van der Waals surface area contributed by atoms with E-state index in [1.807, 2.05) is 6.92 Å². The summed E-state index contributed by atoms with van der Waals surface area (Å²) in [6, 6.07) is -4.41. The molecule has 168 valence electrons. The summed E-state index contributed by atoms with van der Waals surface area (Å²) in [6.45, 7) is 8.22. The molecule has 10 nitrogen and oxygen atoms in total. The summed E-state index contributed by atoms with van der Waals surface area (Å²) in [5.74, 6) is -3.92. The molecule has 0 spiro atoms. The van der Waals surface area contributed by atoms with Crippen molar-refractivity contribution in [1.29, 1.82) is 0 Å². The maximum atomic E-state index is 12.7. The predicted molar refractivity (Wildman–Crippen MR) is 111 cm³/mol.